The fourth-order valence-corrected chi connectivity index (χ4v) is 4.38. The second-order valence-corrected chi connectivity index (χ2v) is 12.4. The molecule has 0 aliphatic heterocycles. The molecule has 23 nitrogen and oxygen atoms in total. The average molecular weight is 763 g/mol. The van der Waals surface area contributed by atoms with Gasteiger partial charge in [0.2, 0.25) is 41.4 Å². The molecule has 6 atom stereocenters. The van der Waals surface area contributed by atoms with Crippen LogP contribution in [0, 0.1) is 11.8 Å². The summed E-state index contributed by atoms with van der Waals surface area (Å²) in [4.78, 5) is 123. The zero-order valence-electron chi connectivity index (χ0n) is 29.7. The van der Waals surface area contributed by atoms with Gasteiger partial charge in [-0.1, -0.05) is 27.7 Å². The summed E-state index contributed by atoms with van der Waals surface area (Å²) >= 11 is 0. The third kappa shape index (κ3) is 18.6. The lowest BCUT2D eigenvalue weighted by Gasteiger charge is -2.27. The third-order valence-electron chi connectivity index (χ3n) is 7.14. The predicted molar refractivity (Wildman–Crippen MR) is 179 cm³/mol. The number of hydrogen-bond donors (Lipinski definition) is 13. The van der Waals surface area contributed by atoms with Gasteiger partial charge in [-0.05, 0) is 24.7 Å². The maximum absolute atomic E-state index is 13.4. The molecule has 0 rings (SSSR count). The first kappa shape index (κ1) is 47.6. The zero-order chi connectivity index (χ0) is 41.0. The van der Waals surface area contributed by atoms with Crippen molar-refractivity contribution < 1.29 is 73.5 Å². The molecule has 0 unspecified atom stereocenters. The molecule has 300 valence electrons. The number of aliphatic hydroxyl groups excluding tert-OH is 2. The first-order valence-corrected chi connectivity index (χ1v) is 16.3. The maximum atomic E-state index is 13.4. The molecule has 0 aromatic rings. The quantitative estimate of drug-likeness (QED) is 0.0412. The van der Waals surface area contributed by atoms with E-state index in [1.807, 2.05) is 5.32 Å². The third-order valence-corrected chi connectivity index (χ3v) is 7.14. The molecule has 0 aliphatic carbocycles. The molecule has 0 saturated carbocycles. The first-order valence-electron chi connectivity index (χ1n) is 16.3. The van der Waals surface area contributed by atoms with E-state index in [-0.39, 0.29) is 12.3 Å². The number of amides is 7. The molecule has 0 radical (unpaired) electrons. The van der Waals surface area contributed by atoms with Crippen LogP contribution < -0.4 is 43.0 Å². The van der Waals surface area contributed by atoms with Crippen molar-refractivity contribution in [3.63, 3.8) is 0 Å². The zero-order valence-corrected chi connectivity index (χ0v) is 29.7. The number of carbonyl (C=O) groups excluding carboxylic acids is 7. The molecule has 53 heavy (non-hydrogen) atoms. The Morgan fingerprint density at radius 2 is 1.08 bits per heavy atom. The normalized spacial score (nSPS) is 14.3. The molecule has 0 heterocycles. The summed E-state index contributed by atoms with van der Waals surface area (Å²) in [6.45, 7) is 3.29. The van der Waals surface area contributed by atoms with Gasteiger partial charge >= 0.3 is 17.9 Å². The van der Waals surface area contributed by atoms with E-state index in [2.05, 4.69) is 31.9 Å². The molecular formula is C30H50N8O15. The van der Waals surface area contributed by atoms with Crippen molar-refractivity contribution >= 4 is 59.3 Å². The lowest BCUT2D eigenvalue weighted by Crippen LogP contribution is -2.60. The SMILES string of the molecule is CC(C)C[C@H](NC(=O)[C@H](CC(=O)O)NC(=O)[C@H](CCC(=O)O)NC(=O)[C@@H](NC(=O)CNC(=O)[C@H](CO)NC(=O)CN)C(C)C)C(=O)N[C@@H](CO)C(=O)O. The minimum Gasteiger partial charge on any atom is -0.481 e. The molecule has 0 bridgehead atoms. The van der Waals surface area contributed by atoms with Crippen molar-refractivity contribution in [3.05, 3.63) is 0 Å². The fourth-order valence-electron chi connectivity index (χ4n) is 4.38. The van der Waals surface area contributed by atoms with Gasteiger partial charge in [-0.25, -0.2) is 4.79 Å². The minimum absolute atomic E-state index is 0.0841. The highest BCUT2D eigenvalue weighted by Crippen LogP contribution is 2.09. The van der Waals surface area contributed by atoms with Gasteiger partial charge in [0.15, 0.2) is 0 Å². The Morgan fingerprint density at radius 3 is 1.55 bits per heavy atom. The lowest BCUT2D eigenvalue weighted by molar-refractivity contribution is -0.144. The Balaban J connectivity index is 6.04. The van der Waals surface area contributed by atoms with Crippen LogP contribution in [0.5, 0.6) is 0 Å². The predicted octanol–water partition coefficient (Wildman–Crippen LogP) is -5.92. The van der Waals surface area contributed by atoms with E-state index in [0.717, 1.165) is 0 Å². The van der Waals surface area contributed by atoms with Crippen LogP contribution in [-0.4, -0.2) is 147 Å². The molecule has 0 aromatic carbocycles. The molecular weight excluding hydrogens is 712 g/mol. The molecule has 0 spiro atoms. The van der Waals surface area contributed by atoms with Crippen LogP contribution in [-0.2, 0) is 47.9 Å². The average Bonchev–Trinajstić information content (AvgIpc) is 3.07. The summed E-state index contributed by atoms with van der Waals surface area (Å²) in [5.41, 5.74) is 5.16. The summed E-state index contributed by atoms with van der Waals surface area (Å²) in [6.07, 6.45) is -2.40. The Bertz CT molecular complexity index is 1340. The Hall–Kier alpha value is -5.42. The van der Waals surface area contributed by atoms with E-state index < -0.39 is 147 Å². The molecule has 0 fully saturated rings. The molecule has 7 amide bonds. The van der Waals surface area contributed by atoms with Gasteiger partial charge in [-0.15, -0.1) is 0 Å². The maximum Gasteiger partial charge on any atom is 0.328 e. The van der Waals surface area contributed by atoms with Crippen molar-refractivity contribution in [1.29, 1.82) is 0 Å². The van der Waals surface area contributed by atoms with Crippen molar-refractivity contribution in [2.75, 3.05) is 26.3 Å². The number of hydrogen-bond acceptors (Lipinski definition) is 13. The van der Waals surface area contributed by atoms with Crippen molar-refractivity contribution in [3.8, 4) is 0 Å². The number of rotatable bonds is 25. The van der Waals surface area contributed by atoms with Crippen molar-refractivity contribution in [1.82, 2.24) is 37.2 Å². The number of carboxylic acids is 3. The second kappa shape index (κ2) is 23.9. The van der Waals surface area contributed by atoms with E-state index >= 15 is 0 Å². The van der Waals surface area contributed by atoms with Gasteiger partial charge in [-0.3, -0.25) is 43.2 Å². The molecule has 0 aliphatic rings. The van der Waals surface area contributed by atoms with Crippen LogP contribution in [0.4, 0.5) is 0 Å². The van der Waals surface area contributed by atoms with Gasteiger partial charge in [-0.2, -0.15) is 0 Å². The van der Waals surface area contributed by atoms with E-state index in [1.54, 1.807) is 13.8 Å². The van der Waals surface area contributed by atoms with E-state index in [0.29, 0.717) is 0 Å². The van der Waals surface area contributed by atoms with E-state index in [4.69, 9.17) is 10.8 Å². The molecule has 0 aromatic heterocycles. The van der Waals surface area contributed by atoms with Crippen LogP contribution >= 0.6 is 0 Å². The van der Waals surface area contributed by atoms with Crippen LogP contribution in [0.3, 0.4) is 0 Å². The Kier molecular flexibility index (Phi) is 21.5. The lowest BCUT2D eigenvalue weighted by atomic mass is 10.0. The monoisotopic (exact) mass is 762 g/mol. The number of carboxylic acid groups (broad SMARTS) is 3. The van der Waals surface area contributed by atoms with Crippen molar-refractivity contribution in [2.45, 2.75) is 89.6 Å². The van der Waals surface area contributed by atoms with Crippen LogP contribution in [0.25, 0.3) is 0 Å². The largest absolute Gasteiger partial charge is 0.481 e. The highest BCUT2D eigenvalue weighted by Gasteiger charge is 2.34. The van der Waals surface area contributed by atoms with Gasteiger partial charge in [0, 0.05) is 6.42 Å². The van der Waals surface area contributed by atoms with Gasteiger partial charge in [0.05, 0.1) is 32.7 Å². The standard InChI is InChI=1S/C30H50N8O15/c1-13(2)7-16(27(49)37-19(12-40)30(52)53)35-28(50)17(8-23(45)46)36-26(48)15(5-6-22(43)44)34-29(51)24(14(3)4)38-21(42)10-32-25(47)18(11-39)33-20(41)9-31/h13-19,24,39-40H,5-12,31H2,1-4H3,(H,32,47)(H,33,41)(H,34,51)(H,35,50)(H,36,48)(H,37,49)(H,38,42)(H,43,44)(H,45,46)(H,52,53)/t15-,16-,17-,18-,19-,24-/m0/s1. The van der Waals surface area contributed by atoms with Crippen LogP contribution in [0.1, 0.15) is 53.4 Å². The number of aliphatic carboxylic acids is 3. The first-order chi connectivity index (χ1) is 24.7. The highest BCUT2D eigenvalue weighted by atomic mass is 16.4. The summed E-state index contributed by atoms with van der Waals surface area (Å²) in [6, 6.07) is -9.63. The highest BCUT2D eigenvalue weighted by molar-refractivity contribution is 5.98. The van der Waals surface area contributed by atoms with Crippen molar-refractivity contribution in [2.24, 2.45) is 17.6 Å². The molecule has 0 saturated heterocycles. The van der Waals surface area contributed by atoms with Gasteiger partial charge in [0.1, 0.15) is 36.3 Å². The molecule has 23 heteroatoms. The van der Waals surface area contributed by atoms with Gasteiger partial charge in [0.25, 0.3) is 0 Å². The van der Waals surface area contributed by atoms with E-state index in [9.17, 15) is 68.4 Å². The smallest absolute Gasteiger partial charge is 0.328 e. The number of nitrogens with two attached hydrogens (primary N) is 1. The van der Waals surface area contributed by atoms with Crippen LogP contribution in [0.15, 0.2) is 0 Å². The number of carbonyl (C=O) groups is 10. The topological polar surface area (TPSA) is 382 Å². The summed E-state index contributed by atoms with van der Waals surface area (Å²) in [5.74, 6) is -12.6. The second-order valence-electron chi connectivity index (χ2n) is 12.4. The number of aliphatic hydroxyl groups is 2. The van der Waals surface area contributed by atoms with E-state index in [1.165, 1.54) is 13.8 Å². The fraction of sp³-hybridized carbons (Fsp3) is 0.667. The Labute approximate surface area is 303 Å². The number of nitrogens with one attached hydrogen (secondary N) is 7. The Morgan fingerprint density at radius 1 is 0.566 bits per heavy atom. The minimum atomic E-state index is -1.90. The van der Waals surface area contributed by atoms with Gasteiger partial charge < -0.3 is 68.5 Å². The summed E-state index contributed by atoms with van der Waals surface area (Å²) in [7, 11) is 0. The summed E-state index contributed by atoms with van der Waals surface area (Å²) < 4.78 is 0. The van der Waals surface area contributed by atoms with Crippen LogP contribution in [0.2, 0.25) is 0 Å². The summed E-state index contributed by atoms with van der Waals surface area (Å²) in [5, 5.41) is 61.7. The molecule has 14 N–H and O–H groups in total.